The molecule has 0 aliphatic carbocycles. The summed E-state index contributed by atoms with van der Waals surface area (Å²) in [4.78, 5) is 10.4. The largest absolute Gasteiger partial charge is 0.382 e. The third kappa shape index (κ3) is 3.21. The smallest absolute Gasteiger partial charge is 0.122 e. The first-order valence-corrected chi connectivity index (χ1v) is 5.03. The molecule has 0 aliphatic heterocycles. The number of rotatable bonds is 5. The van der Waals surface area contributed by atoms with Crippen molar-refractivity contribution in [2.45, 2.75) is 32.7 Å². The molecule has 1 atom stereocenters. The first-order valence-electron chi connectivity index (χ1n) is 5.03. The number of hydrogen-bond acceptors (Lipinski definition) is 2. The molecule has 2 nitrogen and oxygen atoms in total. The molecule has 0 saturated carbocycles. The van der Waals surface area contributed by atoms with Crippen LogP contribution in [-0.4, -0.2) is 12.3 Å². The summed E-state index contributed by atoms with van der Waals surface area (Å²) in [5.74, 6) is 0. The Kier molecular flexibility index (Phi) is 4.17. The van der Waals surface area contributed by atoms with E-state index in [2.05, 4.69) is 31.3 Å². The highest BCUT2D eigenvalue weighted by Crippen LogP contribution is 2.12. The lowest BCUT2D eigenvalue weighted by atomic mass is 10.1. The zero-order valence-corrected chi connectivity index (χ0v) is 8.79. The van der Waals surface area contributed by atoms with Gasteiger partial charge in [-0.25, -0.2) is 0 Å². The Morgan fingerprint density at radius 1 is 1.36 bits per heavy atom. The number of anilines is 1. The van der Waals surface area contributed by atoms with E-state index in [9.17, 15) is 4.79 Å². The number of carbonyl (C=O) groups excluding carboxylic acids is 1. The standard InChI is InChI=1S/C12H17NO/c1-3-11(8-9-14)13-12-6-4-10(2)5-7-12/h4-7,9,11,13H,3,8H2,1-2H3/t11-/m1/s1. The van der Waals surface area contributed by atoms with Gasteiger partial charge >= 0.3 is 0 Å². The zero-order valence-electron chi connectivity index (χ0n) is 8.79. The van der Waals surface area contributed by atoms with Gasteiger partial charge in [0, 0.05) is 18.2 Å². The second-order valence-corrected chi connectivity index (χ2v) is 3.52. The molecule has 1 rings (SSSR count). The van der Waals surface area contributed by atoms with Crippen molar-refractivity contribution in [3.8, 4) is 0 Å². The molecule has 0 amide bonds. The van der Waals surface area contributed by atoms with Gasteiger partial charge in [0.15, 0.2) is 0 Å². The highest BCUT2D eigenvalue weighted by Gasteiger charge is 2.04. The van der Waals surface area contributed by atoms with E-state index < -0.39 is 0 Å². The summed E-state index contributed by atoms with van der Waals surface area (Å²) in [5, 5.41) is 3.33. The minimum Gasteiger partial charge on any atom is -0.382 e. The van der Waals surface area contributed by atoms with Crippen LogP contribution in [0.4, 0.5) is 5.69 Å². The van der Waals surface area contributed by atoms with Gasteiger partial charge in [-0.1, -0.05) is 24.6 Å². The molecule has 0 spiro atoms. The summed E-state index contributed by atoms with van der Waals surface area (Å²) in [6, 6.07) is 8.48. The van der Waals surface area contributed by atoms with E-state index in [1.54, 1.807) is 0 Å². The number of nitrogens with one attached hydrogen (secondary N) is 1. The highest BCUT2D eigenvalue weighted by molar-refractivity contribution is 5.53. The SMILES string of the molecule is CC[C@H](CC=O)Nc1ccc(C)cc1. The molecule has 0 aliphatic rings. The topological polar surface area (TPSA) is 29.1 Å². The van der Waals surface area contributed by atoms with E-state index in [0.29, 0.717) is 6.42 Å². The maximum atomic E-state index is 10.4. The fourth-order valence-electron chi connectivity index (χ4n) is 1.33. The van der Waals surface area contributed by atoms with E-state index in [0.717, 1.165) is 18.4 Å². The molecule has 76 valence electrons. The molecule has 0 unspecified atom stereocenters. The Balaban J connectivity index is 2.57. The molecule has 0 saturated heterocycles. The fraction of sp³-hybridized carbons (Fsp3) is 0.417. The summed E-state index contributed by atoms with van der Waals surface area (Å²) in [7, 11) is 0. The summed E-state index contributed by atoms with van der Waals surface area (Å²) in [6.45, 7) is 4.14. The van der Waals surface area contributed by atoms with Crippen LogP contribution < -0.4 is 5.32 Å². The van der Waals surface area contributed by atoms with Crippen LogP contribution in [0.2, 0.25) is 0 Å². The molecule has 2 heteroatoms. The van der Waals surface area contributed by atoms with Crippen molar-refractivity contribution in [3.05, 3.63) is 29.8 Å². The maximum absolute atomic E-state index is 10.4. The summed E-state index contributed by atoms with van der Waals surface area (Å²) >= 11 is 0. The van der Waals surface area contributed by atoms with Gasteiger partial charge in [-0.2, -0.15) is 0 Å². The van der Waals surface area contributed by atoms with Gasteiger partial charge in [0.25, 0.3) is 0 Å². The Morgan fingerprint density at radius 3 is 2.50 bits per heavy atom. The van der Waals surface area contributed by atoms with Crippen LogP contribution in [0.5, 0.6) is 0 Å². The van der Waals surface area contributed by atoms with Crippen molar-refractivity contribution < 1.29 is 4.79 Å². The average Bonchev–Trinajstić information content (AvgIpc) is 2.20. The number of benzene rings is 1. The number of aldehydes is 1. The molecule has 0 radical (unpaired) electrons. The van der Waals surface area contributed by atoms with Gasteiger partial charge in [-0.15, -0.1) is 0 Å². The average molecular weight is 191 g/mol. The molecule has 0 heterocycles. The monoisotopic (exact) mass is 191 g/mol. The Bertz CT molecular complexity index is 279. The normalized spacial score (nSPS) is 12.1. The summed E-state index contributed by atoms with van der Waals surface area (Å²) < 4.78 is 0. The number of carbonyl (C=O) groups is 1. The molecule has 0 bridgehead atoms. The van der Waals surface area contributed by atoms with Crippen molar-refractivity contribution in [2.24, 2.45) is 0 Å². The molecule has 0 fully saturated rings. The maximum Gasteiger partial charge on any atom is 0.122 e. The predicted octanol–water partition coefficient (Wildman–Crippen LogP) is 2.77. The van der Waals surface area contributed by atoms with Gasteiger partial charge < -0.3 is 10.1 Å². The lowest BCUT2D eigenvalue weighted by molar-refractivity contribution is -0.108. The molecule has 1 aromatic carbocycles. The van der Waals surface area contributed by atoms with Crippen LogP contribution in [0.15, 0.2) is 24.3 Å². The minimum atomic E-state index is 0.259. The molecule has 1 aromatic rings. The van der Waals surface area contributed by atoms with E-state index in [1.165, 1.54) is 5.56 Å². The third-order valence-corrected chi connectivity index (χ3v) is 2.30. The first-order chi connectivity index (χ1) is 6.76. The van der Waals surface area contributed by atoms with Crippen molar-refractivity contribution in [3.63, 3.8) is 0 Å². The van der Waals surface area contributed by atoms with Gasteiger partial charge in [-0.3, -0.25) is 0 Å². The summed E-state index contributed by atoms with van der Waals surface area (Å²) in [5.41, 5.74) is 2.34. The predicted molar refractivity (Wildman–Crippen MR) is 59.6 cm³/mol. The molecular formula is C12H17NO. The number of hydrogen-bond donors (Lipinski definition) is 1. The van der Waals surface area contributed by atoms with Crippen LogP contribution in [-0.2, 0) is 4.79 Å². The highest BCUT2D eigenvalue weighted by atomic mass is 16.1. The van der Waals surface area contributed by atoms with Gasteiger partial charge in [0.1, 0.15) is 6.29 Å². The molecule has 14 heavy (non-hydrogen) atoms. The quantitative estimate of drug-likeness (QED) is 0.725. The summed E-state index contributed by atoms with van der Waals surface area (Å²) in [6.07, 6.45) is 2.51. The third-order valence-electron chi connectivity index (χ3n) is 2.30. The molecular weight excluding hydrogens is 174 g/mol. The van der Waals surface area contributed by atoms with Crippen LogP contribution in [0.3, 0.4) is 0 Å². The zero-order chi connectivity index (χ0) is 10.4. The lowest BCUT2D eigenvalue weighted by Gasteiger charge is -2.15. The Hall–Kier alpha value is -1.31. The van der Waals surface area contributed by atoms with Crippen molar-refractivity contribution in [1.29, 1.82) is 0 Å². The first kappa shape index (κ1) is 10.8. The van der Waals surface area contributed by atoms with Crippen LogP contribution >= 0.6 is 0 Å². The molecule has 0 aromatic heterocycles. The second kappa shape index (κ2) is 5.43. The van der Waals surface area contributed by atoms with E-state index in [4.69, 9.17) is 0 Å². The van der Waals surface area contributed by atoms with Gasteiger partial charge in [-0.05, 0) is 25.5 Å². The van der Waals surface area contributed by atoms with Crippen molar-refractivity contribution >= 4 is 12.0 Å². The van der Waals surface area contributed by atoms with Gasteiger partial charge in [0.2, 0.25) is 0 Å². The second-order valence-electron chi connectivity index (χ2n) is 3.52. The van der Waals surface area contributed by atoms with Gasteiger partial charge in [0.05, 0.1) is 0 Å². The van der Waals surface area contributed by atoms with E-state index in [-0.39, 0.29) is 6.04 Å². The Morgan fingerprint density at radius 2 is 2.00 bits per heavy atom. The lowest BCUT2D eigenvalue weighted by Crippen LogP contribution is -2.18. The van der Waals surface area contributed by atoms with E-state index >= 15 is 0 Å². The molecule has 1 N–H and O–H groups in total. The fourth-order valence-corrected chi connectivity index (χ4v) is 1.33. The van der Waals surface area contributed by atoms with E-state index in [1.807, 2.05) is 12.1 Å². The van der Waals surface area contributed by atoms with Crippen LogP contribution in [0, 0.1) is 6.92 Å². The Labute approximate surface area is 85.3 Å². The van der Waals surface area contributed by atoms with Crippen LogP contribution in [0.1, 0.15) is 25.3 Å². The number of aryl methyl sites for hydroxylation is 1. The van der Waals surface area contributed by atoms with Crippen molar-refractivity contribution in [2.75, 3.05) is 5.32 Å². The van der Waals surface area contributed by atoms with Crippen molar-refractivity contribution in [1.82, 2.24) is 0 Å². The van der Waals surface area contributed by atoms with Crippen LogP contribution in [0.25, 0.3) is 0 Å². The minimum absolute atomic E-state index is 0.259.